The number of hydrogen-bond acceptors (Lipinski definition) is 7. The predicted molar refractivity (Wildman–Crippen MR) is 86.7 cm³/mol. The third kappa shape index (κ3) is 3.49. The number of methoxy groups -OCH3 is 1. The van der Waals surface area contributed by atoms with Crippen molar-refractivity contribution in [1.82, 2.24) is 15.0 Å². The smallest absolute Gasteiger partial charge is 0.257 e. The topological polar surface area (TPSA) is 129 Å². The second kappa shape index (κ2) is 6.45. The fourth-order valence-corrected chi connectivity index (χ4v) is 3.37. The van der Waals surface area contributed by atoms with Crippen LogP contribution in [-0.4, -0.2) is 49.6 Å². The molecule has 1 aliphatic heterocycles. The summed E-state index contributed by atoms with van der Waals surface area (Å²) in [4.78, 5) is 18.5. The van der Waals surface area contributed by atoms with E-state index in [9.17, 15) is 13.2 Å². The van der Waals surface area contributed by atoms with Gasteiger partial charge in [-0.05, 0) is 31.5 Å². The lowest BCUT2D eigenvalue weighted by Crippen LogP contribution is -2.29. The average molecular weight is 366 g/mol. The van der Waals surface area contributed by atoms with E-state index in [-0.39, 0.29) is 28.0 Å². The molecule has 0 bridgehead atoms. The zero-order valence-electron chi connectivity index (χ0n) is 13.8. The number of carbonyl (C=O) groups is 1. The molecule has 2 heterocycles. The summed E-state index contributed by atoms with van der Waals surface area (Å²) in [6, 6.07) is 3.96. The van der Waals surface area contributed by atoms with Crippen LogP contribution in [0.1, 0.15) is 34.4 Å². The molecule has 134 valence electrons. The molecule has 0 aliphatic carbocycles. The monoisotopic (exact) mass is 366 g/mol. The van der Waals surface area contributed by atoms with Crippen molar-refractivity contribution in [3.05, 3.63) is 35.5 Å². The van der Waals surface area contributed by atoms with E-state index in [0.717, 1.165) is 0 Å². The van der Waals surface area contributed by atoms with E-state index < -0.39 is 10.0 Å². The van der Waals surface area contributed by atoms with Gasteiger partial charge in [0.15, 0.2) is 5.82 Å². The van der Waals surface area contributed by atoms with Crippen molar-refractivity contribution in [2.75, 3.05) is 20.2 Å². The highest BCUT2D eigenvalue weighted by Gasteiger charge is 2.32. The van der Waals surface area contributed by atoms with Crippen LogP contribution >= 0.6 is 0 Å². The van der Waals surface area contributed by atoms with Crippen LogP contribution in [0, 0.1) is 6.92 Å². The number of aromatic nitrogens is 2. The van der Waals surface area contributed by atoms with Gasteiger partial charge in [0.05, 0.1) is 23.5 Å². The van der Waals surface area contributed by atoms with E-state index in [1.165, 1.54) is 25.3 Å². The maximum atomic E-state index is 12.8. The van der Waals surface area contributed by atoms with Gasteiger partial charge in [0, 0.05) is 13.1 Å². The molecular weight excluding hydrogens is 348 g/mol. The minimum absolute atomic E-state index is 0.0439. The highest BCUT2D eigenvalue weighted by atomic mass is 32.2. The predicted octanol–water partition coefficient (Wildman–Crippen LogP) is 0.664. The number of sulfonamides is 1. The van der Waals surface area contributed by atoms with Crippen LogP contribution < -0.4 is 9.88 Å². The first-order valence-corrected chi connectivity index (χ1v) is 9.14. The molecule has 0 radical (unpaired) electrons. The molecule has 0 spiro atoms. The average Bonchev–Trinajstić information content (AvgIpc) is 3.21. The van der Waals surface area contributed by atoms with E-state index in [1.807, 2.05) is 0 Å². The fraction of sp³-hybridized carbons (Fsp3) is 0.400. The lowest BCUT2D eigenvalue weighted by molar-refractivity contribution is 0.0786. The zero-order chi connectivity index (χ0) is 18.2. The van der Waals surface area contributed by atoms with Crippen molar-refractivity contribution in [2.45, 2.75) is 24.2 Å². The summed E-state index contributed by atoms with van der Waals surface area (Å²) in [5, 5.41) is 8.92. The maximum Gasteiger partial charge on any atom is 0.257 e. The van der Waals surface area contributed by atoms with Gasteiger partial charge in [-0.3, -0.25) is 4.79 Å². The maximum absolute atomic E-state index is 12.8. The molecule has 1 aromatic carbocycles. The molecule has 1 saturated heterocycles. The first-order chi connectivity index (χ1) is 11.8. The zero-order valence-corrected chi connectivity index (χ0v) is 14.6. The Kier molecular flexibility index (Phi) is 4.48. The second-order valence-corrected chi connectivity index (χ2v) is 7.39. The van der Waals surface area contributed by atoms with Crippen molar-refractivity contribution in [1.29, 1.82) is 0 Å². The molecule has 9 nitrogen and oxygen atoms in total. The van der Waals surface area contributed by atoms with E-state index >= 15 is 0 Å². The van der Waals surface area contributed by atoms with Gasteiger partial charge in [0.1, 0.15) is 5.75 Å². The molecule has 0 unspecified atom stereocenters. The number of ether oxygens (including phenoxy) is 1. The number of rotatable bonds is 4. The Morgan fingerprint density at radius 1 is 1.44 bits per heavy atom. The highest BCUT2D eigenvalue weighted by molar-refractivity contribution is 7.89. The Hall–Kier alpha value is -2.46. The van der Waals surface area contributed by atoms with Crippen LogP contribution in [0.3, 0.4) is 0 Å². The summed E-state index contributed by atoms with van der Waals surface area (Å²) in [6.45, 7) is 2.63. The Bertz CT molecular complexity index is 908. The molecule has 2 aromatic rings. The molecule has 1 amide bonds. The quantitative estimate of drug-likeness (QED) is 0.841. The number of aryl methyl sites for hydroxylation is 1. The highest BCUT2D eigenvalue weighted by Crippen LogP contribution is 2.30. The summed E-state index contributed by atoms with van der Waals surface area (Å²) in [5.74, 6) is 0.952. The number of nitrogens with two attached hydrogens (primary N) is 1. The Balaban J connectivity index is 1.86. The van der Waals surface area contributed by atoms with Gasteiger partial charge in [-0.15, -0.1) is 0 Å². The summed E-state index contributed by atoms with van der Waals surface area (Å²) in [6.07, 6.45) is 0.685. The van der Waals surface area contributed by atoms with E-state index in [4.69, 9.17) is 14.4 Å². The van der Waals surface area contributed by atoms with Crippen LogP contribution in [0.15, 0.2) is 27.6 Å². The normalized spacial score (nSPS) is 17.7. The number of nitrogens with zero attached hydrogens (tertiary/aromatic N) is 3. The lowest BCUT2D eigenvalue weighted by atomic mass is 10.1. The van der Waals surface area contributed by atoms with Crippen LogP contribution in [0.4, 0.5) is 0 Å². The number of amides is 1. The third-order valence-electron chi connectivity index (χ3n) is 4.10. The van der Waals surface area contributed by atoms with Crippen LogP contribution in [0.25, 0.3) is 0 Å². The summed E-state index contributed by atoms with van der Waals surface area (Å²) >= 11 is 0. The number of primary sulfonamides is 1. The summed E-state index contributed by atoms with van der Waals surface area (Å²) in [7, 11) is -2.50. The van der Waals surface area contributed by atoms with Gasteiger partial charge < -0.3 is 14.2 Å². The fourth-order valence-electron chi connectivity index (χ4n) is 2.83. The molecule has 3 rings (SSSR count). The van der Waals surface area contributed by atoms with Crippen molar-refractivity contribution in [3.63, 3.8) is 0 Å². The Morgan fingerprint density at radius 2 is 2.20 bits per heavy atom. The number of benzene rings is 1. The van der Waals surface area contributed by atoms with Crippen molar-refractivity contribution >= 4 is 15.9 Å². The van der Waals surface area contributed by atoms with Crippen molar-refractivity contribution in [2.24, 2.45) is 5.14 Å². The molecule has 2 N–H and O–H groups in total. The molecule has 0 saturated carbocycles. The molecular formula is C15H18N4O5S. The Labute approximate surface area is 144 Å². The van der Waals surface area contributed by atoms with Gasteiger partial charge in [0.2, 0.25) is 15.9 Å². The summed E-state index contributed by atoms with van der Waals surface area (Å²) < 4.78 is 33.5. The minimum Gasteiger partial charge on any atom is -0.496 e. The van der Waals surface area contributed by atoms with Gasteiger partial charge >= 0.3 is 0 Å². The molecule has 25 heavy (non-hydrogen) atoms. The number of carbonyl (C=O) groups excluding carboxylic acids is 1. The first kappa shape index (κ1) is 17.4. The van der Waals surface area contributed by atoms with E-state index in [1.54, 1.807) is 11.8 Å². The van der Waals surface area contributed by atoms with Crippen molar-refractivity contribution in [3.8, 4) is 5.75 Å². The van der Waals surface area contributed by atoms with Gasteiger partial charge in [0.25, 0.3) is 5.91 Å². The first-order valence-electron chi connectivity index (χ1n) is 7.60. The number of likely N-dealkylation sites (tertiary alicyclic amines) is 1. The minimum atomic E-state index is -3.92. The molecule has 1 atom stereocenters. The van der Waals surface area contributed by atoms with Crippen LogP contribution in [0.5, 0.6) is 5.75 Å². The third-order valence-corrected chi connectivity index (χ3v) is 5.01. The Morgan fingerprint density at radius 3 is 2.80 bits per heavy atom. The summed E-state index contributed by atoms with van der Waals surface area (Å²) in [5.41, 5.74) is 0.149. The standard InChI is InChI=1S/C15H18N4O5S/c1-9-17-14(24-18-9)10-5-6-19(8-10)15(20)12-7-11(25(16,21)22)3-4-13(12)23-2/h3-4,7,10H,5-6,8H2,1-2H3,(H2,16,21,22)/t10-/m1/s1. The second-order valence-electron chi connectivity index (χ2n) is 5.82. The van der Waals surface area contributed by atoms with Gasteiger partial charge in [-0.2, -0.15) is 4.98 Å². The van der Waals surface area contributed by atoms with Crippen LogP contribution in [0.2, 0.25) is 0 Å². The molecule has 10 heteroatoms. The number of hydrogen-bond donors (Lipinski definition) is 1. The lowest BCUT2D eigenvalue weighted by Gasteiger charge is -2.18. The largest absolute Gasteiger partial charge is 0.496 e. The molecule has 1 aliphatic rings. The SMILES string of the molecule is COc1ccc(S(N)(=O)=O)cc1C(=O)N1CC[C@@H](c2nc(C)no2)C1. The van der Waals surface area contributed by atoms with E-state index in [2.05, 4.69) is 10.1 Å². The van der Waals surface area contributed by atoms with Crippen molar-refractivity contribution < 1.29 is 22.5 Å². The van der Waals surface area contributed by atoms with Gasteiger partial charge in [-0.1, -0.05) is 5.16 Å². The van der Waals surface area contributed by atoms with E-state index in [0.29, 0.717) is 31.2 Å². The molecule has 1 fully saturated rings. The molecule has 1 aromatic heterocycles. The van der Waals surface area contributed by atoms with Crippen LogP contribution in [-0.2, 0) is 10.0 Å². The van der Waals surface area contributed by atoms with Gasteiger partial charge in [-0.25, -0.2) is 13.6 Å².